The third-order valence-electron chi connectivity index (χ3n) is 4.28. The van der Waals surface area contributed by atoms with Crippen molar-refractivity contribution < 1.29 is 4.79 Å². The summed E-state index contributed by atoms with van der Waals surface area (Å²) in [5.41, 5.74) is 2.28. The second-order valence-electron chi connectivity index (χ2n) is 6.07. The molecule has 126 valence electrons. The summed E-state index contributed by atoms with van der Waals surface area (Å²) in [5, 5.41) is 3.18. The summed E-state index contributed by atoms with van der Waals surface area (Å²) in [6, 6.07) is 16.3. The van der Waals surface area contributed by atoms with Crippen LogP contribution in [0.15, 0.2) is 54.7 Å². The van der Waals surface area contributed by atoms with Gasteiger partial charge in [0.1, 0.15) is 0 Å². The number of carbonyl (C=O) groups is 1. The van der Waals surface area contributed by atoms with Crippen molar-refractivity contribution in [2.24, 2.45) is 0 Å². The Hall–Kier alpha value is -2.24. The van der Waals surface area contributed by atoms with Crippen LogP contribution in [-0.4, -0.2) is 53.4 Å². The van der Waals surface area contributed by atoms with E-state index in [2.05, 4.69) is 39.5 Å². The highest BCUT2D eigenvalue weighted by atomic mass is 16.2. The van der Waals surface area contributed by atoms with Crippen molar-refractivity contribution in [2.75, 3.05) is 32.7 Å². The highest BCUT2D eigenvalue weighted by molar-refractivity contribution is 5.78. The van der Waals surface area contributed by atoms with Crippen molar-refractivity contribution in [1.82, 2.24) is 20.1 Å². The van der Waals surface area contributed by atoms with E-state index in [-0.39, 0.29) is 5.91 Å². The molecule has 0 atom stereocenters. The van der Waals surface area contributed by atoms with Gasteiger partial charge in [-0.3, -0.25) is 14.7 Å². The molecular formula is C19H24N4O. The molecule has 1 N–H and O–H groups in total. The van der Waals surface area contributed by atoms with Crippen molar-refractivity contribution >= 4 is 5.91 Å². The van der Waals surface area contributed by atoms with Gasteiger partial charge in [0.2, 0.25) is 5.91 Å². The van der Waals surface area contributed by atoms with Crippen LogP contribution in [0.25, 0.3) is 0 Å². The smallest absolute Gasteiger partial charge is 0.236 e. The van der Waals surface area contributed by atoms with Crippen LogP contribution in [0.5, 0.6) is 0 Å². The van der Waals surface area contributed by atoms with Crippen molar-refractivity contribution in [2.45, 2.75) is 13.1 Å². The average molecular weight is 324 g/mol. The van der Waals surface area contributed by atoms with E-state index in [9.17, 15) is 4.79 Å². The number of aromatic nitrogens is 1. The van der Waals surface area contributed by atoms with E-state index >= 15 is 0 Å². The Bertz CT molecular complexity index is 624. The number of nitrogens with one attached hydrogen (secondary N) is 1. The molecule has 1 aliphatic heterocycles. The van der Waals surface area contributed by atoms with E-state index in [0.29, 0.717) is 13.1 Å². The maximum absolute atomic E-state index is 12.3. The fourth-order valence-electron chi connectivity index (χ4n) is 2.91. The van der Waals surface area contributed by atoms with Gasteiger partial charge in [0.05, 0.1) is 12.2 Å². The van der Waals surface area contributed by atoms with Gasteiger partial charge in [0.25, 0.3) is 0 Å². The number of rotatable bonds is 6. The summed E-state index contributed by atoms with van der Waals surface area (Å²) in [6.07, 6.45) is 1.77. The van der Waals surface area contributed by atoms with Gasteiger partial charge in [-0.15, -0.1) is 0 Å². The first-order chi connectivity index (χ1) is 11.8. The number of benzene rings is 1. The molecule has 2 heterocycles. The Morgan fingerprint density at radius 3 is 2.46 bits per heavy atom. The normalized spacial score (nSPS) is 15.4. The lowest BCUT2D eigenvalue weighted by Gasteiger charge is -2.34. The van der Waals surface area contributed by atoms with E-state index in [0.717, 1.165) is 38.4 Å². The molecule has 1 amide bonds. The average Bonchev–Trinajstić information content (AvgIpc) is 2.64. The highest BCUT2D eigenvalue weighted by Gasteiger charge is 2.20. The largest absolute Gasteiger partial charge is 0.339 e. The lowest BCUT2D eigenvalue weighted by molar-refractivity contribution is -0.132. The van der Waals surface area contributed by atoms with E-state index in [1.54, 1.807) is 6.20 Å². The predicted octanol–water partition coefficient (Wildman–Crippen LogP) is 1.52. The summed E-state index contributed by atoms with van der Waals surface area (Å²) < 4.78 is 0. The molecule has 0 unspecified atom stereocenters. The Morgan fingerprint density at radius 2 is 1.75 bits per heavy atom. The minimum Gasteiger partial charge on any atom is -0.339 e. The van der Waals surface area contributed by atoms with Crippen LogP contribution in [0, 0.1) is 0 Å². The Morgan fingerprint density at radius 1 is 1.00 bits per heavy atom. The third-order valence-corrected chi connectivity index (χ3v) is 4.28. The van der Waals surface area contributed by atoms with Gasteiger partial charge < -0.3 is 10.2 Å². The molecule has 0 bridgehead atoms. The maximum atomic E-state index is 12.3. The summed E-state index contributed by atoms with van der Waals surface area (Å²) in [5.74, 6) is 0.172. The van der Waals surface area contributed by atoms with Gasteiger partial charge in [-0.2, -0.15) is 0 Å². The molecular weight excluding hydrogens is 300 g/mol. The molecule has 24 heavy (non-hydrogen) atoms. The number of hydrogen-bond donors (Lipinski definition) is 1. The maximum Gasteiger partial charge on any atom is 0.236 e. The summed E-state index contributed by atoms with van der Waals surface area (Å²) >= 11 is 0. The molecule has 0 saturated carbocycles. The quantitative estimate of drug-likeness (QED) is 0.875. The molecule has 2 aromatic rings. The molecule has 3 rings (SSSR count). The van der Waals surface area contributed by atoms with E-state index in [1.165, 1.54) is 5.56 Å². The minimum atomic E-state index is 0.172. The third kappa shape index (κ3) is 4.88. The van der Waals surface area contributed by atoms with Crippen molar-refractivity contribution in [3.05, 3.63) is 66.0 Å². The van der Waals surface area contributed by atoms with Gasteiger partial charge in [-0.1, -0.05) is 36.4 Å². The summed E-state index contributed by atoms with van der Waals surface area (Å²) in [4.78, 5) is 20.9. The molecule has 5 heteroatoms. The zero-order chi connectivity index (χ0) is 16.6. The van der Waals surface area contributed by atoms with Crippen molar-refractivity contribution in [3.8, 4) is 0 Å². The Labute approximate surface area is 143 Å². The zero-order valence-electron chi connectivity index (χ0n) is 13.9. The van der Waals surface area contributed by atoms with Crippen LogP contribution in [0.1, 0.15) is 11.3 Å². The molecule has 1 aromatic heterocycles. The van der Waals surface area contributed by atoms with Crippen molar-refractivity contribution in [1.29, 1.82) is 0 Å². The predicted molar refractivity (Wildman–Crippen MR) is 94.2 cm³/mol. The molecule has 1 fully saturated rings. The Balaban J connectivity index is 1.37. The number of pyridine rings is 1. The van der Waals surface area contributed by atoms with E-state index in [1.807, 2.05) is 29.2 Å². The summed E-state index contributed by atoms with van der Waals surface area (Å²) in [7, 11) is 0. The molecule has 1 aromatic carbocycles. The monoisotopic (exact) mass is 324 g/mol. The van der Waals surface area contributed by atoms with Gasteiger partial charge in [-0.05, 0) is 17.7 Å². The first kappa shape index (κ1) is 16.6. The lowest BCUT2D eigenvalue weighted by Crippen LogP contribution is -2.50. The summed E-state index contributed by atoms with van der Waals surface area (Å²) in [6.45, 7) is 5.42. The molecule has 0 radical (unpaired) electrons. The van der Waals surface area contributed by atoms with Gasteiger partial charge in [-0.25, -0.2) is 0 Å². The number of piperazine rings is 1. The second-order valence-corrected chi connectivity index (χ2v) is 6.07. The molecule has 5 nitrogen and oxygen atoms in total. The SMILES string of the molecule is O=C(CNCc1ccccn1)N1CCN(Cc2ccccc2)CC1. The van der Waals surface area contributed by atoms with E-state index in [4.69, 9.17) is 0 Å². The number of nitrogens with zero attached hydrogens (tertiary/aromatic N) is 3. The standard InChI is InChI=1S/C19H24N4O/c24-19(15-20-14-18-8-4-5-9-21-18)23-12-10-22(11-13-23)16-17-6-2-1-3-7-17/h1-9,20H,10-16H2. The van der Waals surface area contributed by atoms with Gasteiger partial charge in [0, 0.05) is 45.5 Å². The number of carbonyl (C=O) groups excluding carboxylic acids is 1. The molecule has 1 aliphatic rings. The lowest BCUT2D eigenvalue weighted by atomic mass is 10.2. The molecule has 1 saturated heterocycles. The first-order valence-electron chi connectivity index (χ1n) is 8.46. The highest BCUT2D eigenvalue weighted by Crippen LogP contribution is 2.08. The second kappa shape index (κ2) is 8.57. The zero-order valence-corrected chi connectivity index (χ0v) is 13.9. The van der Waals surface area contributed by atoms with Crippen LogP contribution in [0.3, 0.4) is 0 Å². The number of amides is 1. The molecule has 0 spiro atoms. The van der Waals surface area contributed by atoms with Crippen LogP contribution >= 0.6 is 0 Å². The van der Waals surface area contributed by atoms with Crippen LogP contribution in [-0.2, 0) is 17.9 Å². The van der Waals surface area contributed by atoms with Gasteiger partial charge >= 0.3 is 0 Å². The Kier molecular flexibility index (Phi) is 5.93. The van der Waals surface area contributed by atoms with Crippen LogP contribution in [0.4, 0.5) is 0 Å². The first-order valence-corrected chi connectivity index (χ1v) is 8.46. The van der Waals surface area contributed by atoms with E-state index < -0.39 is 0 Å². The topological polar surface area (TPSA) is 48.5 Å². The molecule has 0 aliphatic carbocycles. The number of hydrogen-bond acceptors (Lipinski definition) is 4. The fraction of sp³-hybridized carbons (Fsp3) is 0.368. The van der Waals surface area contributed by atoms with Crippen LogP contribution in [0.2, 0.25) is 0 Å². The van der Waals surface area contributed by atoms with Crippen LogP contribution < -0.4 is 5.32 Å². The fourth-order valence-corrected chi connectivity index (χ4v) is 2.91. The minimum absolute atomic E-state index is 0.172. The van der Waals surface area contributed by atoms with Gasteiger partial charge in [0.15, 0.2) is 0 Å². The van der Waals surface area contributed by atoms with Crippen molar-refractivity contribution in [3.63, 3.8) is 0 Å².